The summed E-state index contributed by atoms with van der Waals surface area (Å²) in [5, 5.41) is 7.32. The molecule has 0 bridgehead atoms. The summed E-state index contributed by atoms with van der Waals surface area (Å²) in [6, 6.07) is 0.644. The molecule has 5 nitrogen and oxygen atoms in total. The van der Waals surface area contributed by atoms with Crippen LogP contribution < -0.4 is 5.32 Å². The Kier molecular flexibility index (Phi) is 3.71. The van der Waals surface area contributed by atoms with E-state index in [9.17, 15) is 4.79 Å². The van der Waals surface area contributed by atoms with E-state index in [1.54, 1.807) is 0 Å². The topological polar surface area (TPSA) is 58.4 Å². The van der Waals surface area contributed by atoms with Gasteiger partial charge in [0, 0.05) is 31.6 Å². The fourth-order valence-corrected chi connectivity index (χ4v) is 2.58. The normalized spacial score (nSPS) is 24.3. The van der Waals surface area contributed by atoms with Gasteiger partial charge in [-0.15, -0.1) is 0 Å². The number of carbonyl (C=O) groups excluding carboxylic acids is 1. The van der Waals surface area contributed by atoms with Crippen molar-refractivity contribution in [3.8, 4) is 0 Å². The van der Waals surface area contributed by atoms with Crippen molar-refractivity contribution in [2.45, 2.75) is 46.2 Å². The quantitative estimate of drug-likeness (QED) is 0.862. The second-order valence-electron chi connectivity index (χ2n) is 5.10. The van der Waals surface area contributed by atoms with E-state index >= 15 is 0 Å². The highest BCUT2D eigenvalue weighted by Gasteiger charge is 2.29. The molecular weight excluding hydrogens is 230 g/mol. The molecule has 100 valence electrons. The van der Waals surface area contributed by atoms with E-state index in [1.807, 2.05) is 18.7 Å². The Bertz CT molecular complexity index is 431. The van der Waals surface area contributed by atoms with Gasteiger partial charge in [0.2, 0.25) is 0 Å². The largest absolute Gasteiger partial charge is 0.360 e. The number of aromatic nitrogens is 1. The summed E-state index contributed by atoms with van der Waals surface area (Å²) in [7, 11) is 0. The zero-order valence-corrected chi connectivity index (χ0v) is 11.5. The Labute approximate surface area is 108 Å². The van der Waals surface area contributed by atoms with E-state index in [2.05, 4.69) is 24.3 Å². The molecule has 1 saturated heterocycles. The first-order chi connectivity index (χ1) is 8.52. The highest BCUT2D eigenvalue weighted by Crippen LogP contribution is 2.18. The molecular formula is C13H21N3O2. The van der Waals surface area contributed by atoms with E-state index < -0.39 is 0 Å². The molecule has 1 aliphatic rings. The van der Waals surface area contributed by atoms with Crippen molar-refractivity contribution >= 4 is 5.91 Å². The van der Waals surface area contributed by atoms with Crippen molar-refractivity contribution in [3.05, 3.63) is 17.0 Å². The van der Waals surface area contributed by atoms with Crippen LogP contribution in [-0.2, 0) is 6.42 Å². The van der Waals surface area contributed by atoms with Gasteiger partial charge in [-0.1, -0.05) is 12.1 Å². The van der Waals surface area contributed by atoms with Gasteiger partial charge in [-0.3, -0.25) is 4.79 Å². The van der Waals surface area contributed by atoms with Crippen LogP contribution in [0.15, 0.2) is 4.52 Å². The molecule has 0 aromatic carbocycles. The van der Waals surface area contributed by atoms with Gasteiger partial charge in [0.15, 0.2) is 0 Å². The average Bonchev–Trinajstić information content (AvgIpc) is 2.68. The fourth-order valence-electron chi connectivity index (χ4n) is 2.58. The average molecular weight is 251 g/mol. The monoisotopic (exact) mass is 251 g/mol. The molecule has 1 aliphatic heterocycles. The number of carbonyl (C=O) groups is 1. The third-order valence-corrected chi connectivity index (χ3v) is 3.31. The van der Waals surface area contributed by atoms with Gasteiger partial charge in [0.25, 0.3) is 5.91 Å². The van der Waals surface area contributed by atoms with E-state index in [4.69, 9.17) is 4.52 Å². The molecule has 1 N–H and O–H groups in total. The van der Waals surface area contributed by atoms with Crippen molar-refractivity contribution in [1.82, 2.24) is 15.4 Å². The molecule has 0 saturated carbocycles. The van der Waals surface area contributed by atoms with E-state index in [-0.39, 0.29) is 5.91 Å². The Morgan fingerprint density at radius 3 is 2.61 bits per heavy atom. The molecule has 1 aromatic rings. The molecule has 18 heavy (non-hydrogen) atoms. The number of rotatable bonds is 2. The molecule has 1 amide bonds. The van der Waals surface area contributed by atoms with Gasteiger partial charge >= 0.3 is 0 Å². The maximum atomic E-state index is 12.6. The lowest BCUT2D eigenvalue weighted by Crippen LogP contribution is -2.56. The molecule has 2 rings (SSSR count). The van der Waals surface area contributed by atoms with Crippen LogP contribution in [0.2, 0.25) is 0 Å². The van der Waals surface area contributed by atoms with Crippen molar-refractivity contribution < 1.29 is 9.32 Å². The van der Waals surface area contributed by atoms with Crippen LogP contribution in [-0.4, -0.2) is 41.1 Å². The molecule has 0 radical (unpaired) electrons. The molecule has 5 heteroatoms. The third kappa shape index (κ3) is 2.41. The smallest absolute Gasteiger partial charge is 0.259 e. The minimum Gasteiger partial charge on any atom is -0.360 e. The maximum absolute atomic E-state index is 12.6. The Balaban J connectivity index is 2.22. The maximum Gasteiger partial charge on any atom is 0.259 e. The summed E-state index contributed by atoms with van der Waals surface area (Å²) in [4.78, 5) is 14.4. The van der Waals surface area contributed by atoms with Gasteiger partial charge < -0.3 is 14.7 Å². The molecule has 2 atom stereocenters. The summed E-state index contributed by atoms with van der Waals surface area (Å²) in [5.74, 6) is 0.738. The summed E-state index contributed by atoms with van der Waals surface area (Å²) >= 11 is 0. The summed E-state index contributed by atoms with van der Waals surface area (Å²) < 4.78 is 5.20. The summed E-state index contributed by atoms with van der Waals surface area (Å²) in [6.45, 7) is 9.45. The molecule has 1 aromatic heterocycles. The molecule has 2 unspecified atom stereocenters. The first kappa shape index (κ1) is 13.1. The Hall–Kier alpha value is -1.36. The number of nitrogens with zero attached hydrogens (tertiary/aromatic N) is 2. The van der Waals surface area contributed by atoms with Gasteiger partial charge in [0.05, 0.1) is 5.69 Å². The van der Waals surface area contributed by atoms with Crippen molar-refractivity contribution in [1.29, 1.82) is 0 Å². The van der Waals surface area contributed by atoms with Crippen LogP contribution in [0.5, 0.6) is 0 Å². The van der Waals surface area contributed by atoms with Gasteiger partial charge in [0.1, 0.15) is 11.3 Å². The number of nitrogens with one attached hydrogen (secondary N) is 1. The Morgan fingerprint density at radius 2 is 2.06 bits per heavy atom. The highest BCUT2D eigenvalue weighted by atomic mass is 16.5. The predicted octanol–water partition coefficient (Wildman–Crippen LogP) is 1.37. The number of aryl methyl sites for hydroxylation is 2. The lowest BCUT2D eigenvalue weighted by atomic mass is 10.1. The van der Waals surface area contributed by atoms with Crippen LogP contribution in [0.25, 0.3) is 0 Å². The lowest BCUT2D eigenvalue weighted by Gasteiger charge is -2.36. The lowest BCUT2D eigenvalue weighted by molar-refractivity contribution is 0.0671. The standard InChI is InChI=1S/C13H21N3O2/c1-5-11-12(10(4)15-18-11)13(17)16-6-8(2)14-9(3)7-16/h8-9,14H,5-7H2,1-4H3. The first-order valence-corrected chi connectivity index (χ1v) is 6.53. The number of hydrogen-bond donors (Lipinski definition) is 1. The predicted molar refractivity (Wildman–Crippen MR) is 68.6 cm³/mol. The SMILES string of the molecule is CCc1onc(C)c1C(=O)N1CC(C)NC(C)C1. The molecule has 2 heterocycles. The second kappa shape index (κ2) is 5.10. The highest BCUT2D eigenvalue weighted by molar-refractivity contribution is 5.96. The molecule has 0 aliphatic carbocycles. The third-order valence-electron chi connectivity index (χ3n) is 3.31. The van der Waals surface area contributed by atoms with Crippen LogP contribution in [0.4, 0.5) is 0 Å². The van der Waals surface area contributed by atoms with Crippen LogP contribution in [0, 0.1) is 6.92 Å². The van der Waals surface area contributed by atoms with E-state index in [1.165, 1.54) is 0 Å². The zero-order valence-electron chi connectivity index (χ0n) is 11.5. The van der Waals surface area contributed by atoms with Crippen molar-refractivity contribution in [3.63, 3.8) is 0 Å². The van der Waals surface area contributed by atoms with E-state index in [0.29, 0.717) is 35.5 Å². The number of hydrogen-bond acceptors (Lipinski definition) is 4. The van der Waals surface area contributed by atoms with Gasteiger partial charge in [-0.25, -0.2) is 0 Å². The van der Waals surface area contributed by atoms with Crippen molar-refractivity contribution in [2.24, 2.45) is 0 Å². The van der Waals surface area contributed by atoms with Crippen LogP contribution >= 0.6 is 0 Å². The minimum atomic E-state index is 0.0470. The first-order valence-electron chi connectivity index (χ1n) is 6.53. The number of amides is 1. The molecule has 0 spiro atoms. The second-order valence-corrected chi connectivity index (χ2v) is 5.10. The molecule has 1 fully saturated rings. The fraction of sp³-hybridized carbons (Fsp3) is 0.692. The van der Waals surface area contributed by atoms with E-state index in [0.717, 1.165) is 13.1 Å². The van der Waals surface area contributed by atoms with Crippen molar-refractivity contribution in [2.75, 3.05) is 13.1 Å². The summed E-state index contributed by atoms with van der Waals surface area (Å²) in [6.07, 6.45) is 0.694. The van der Waals surface area contributed by atoms with Crippen LogP contribution in [0.1, 0.15) is 42.6 Å². The summed E-state index contributed by atoms with van der Waals surface area (Å²) in [5.41, 5.74) is 1.34. The van der Waals surface area contributed by atoms with Gasteiger partial charge in [-0.2, -0.15) is 0 Å². The number of piperazine rings is 1. The van der Waals surface area contributed by atoms with Crippen LogP contribution in [0.3, 0.4) is 0 Å². The minimum absolute atomic E-state index is 0.0470. The van der Waals surface area contributed by atoms with Gasteiger partial charge in [-0.05, 0) is 20.8 Å². The zero-order chi connectivity index (χ0) is 13.3. The Morgan fingerprint density at radius 1 is 1.44 bits per heavy atom.